The molecule has 3 aromatic rings. The largest absolute Gasteiger partial charge is 0.409 e. The minimum Gasteiger partial charge on any atom is -0.409 e. The van der Waals surface area contributed by atoms with Crippen LogP contribution in [-0.4, -0.2) is 18.8 Å². The van der Waals surface area contributed by atoms with Gasteiger partial charge in [-0.2, -0.15) is 0 Å². The third kappa shape index (κ3) is 3.28. The molecule has 0 radical (unpaired) electrons. The van der Waals surface area contributed by atoms with Crippen molar-refractivity contribution in [3.05, 3.63) is 65.6 Å². The first-order valence-corrected chi connectivity index (χ1v) is 9.20. The molecule has 0 N–H and O–H groups in total. The second-order valence-electron chi connectivity index (χ2n) is 5.69. The maximum Gasteiger partial charge on any atom is 0.309 e. The number of fused-ring (bicyclic) bond motifs is 1. The Balaban J connectivity index is 2.15. The number of aromatic nitrogens is 1. The molecule has 5 nitrogen and oxygen atoms in total. The van der Waals surface area contributed by atoms with E-state index in [4.69, 9.17) is 4.74 Å². The lowest BCUT2D eigenvalue weighted by atomic mass is 10.2. The van der Waals surface area contributed by atoms with Crippen molar-refractivity contribution in [2.75, 3.05) is 0 Å². The average molecular weight is 361 g/mol. The third-order valence-electron chi connectivity index (χ3n) is 3.79. The van der Waals surface area contributed by atoms with Crippen LogP contribution in [0.4, 0.5) is 4.39 Å². The van der Waals surface area contributed by atoms with E-state index in [9.17, 15) is 17.6 Å². The number of sulfone groups is 1. The van der Waals surface area contributed by atoms with Gasteiger partial charge in [-0.1, -0.05) is 18.2 Å². The zero-order valence-corrected chi connectivity index (χ0v) is 14.5. The summed E-state index contributed by atoms with van der Waals surface area (Å²) in [5.41, 5.74) is 1.27. The van der Waals surface area contributed by atoms with Crippen molar-refractivity contribution in [3.63, 3.8) is 0 Å². The molecule has 130 valence electrons. The van der Waals surface area contributed by atoms with Crippen molar-refractivity contribution in [1.82, 2.24) is 4.40 Å². The monoisotopic (exact) mass is 361 g/mol. The van der Waals surface area contributed by atoms with Gasteiger partial charge in [-0.15, -0.1) is 0 Å². The van der Waals surface area contributed by atoms with Crippen molar-refractivity contribution in [3.8, 4) is 5.88 Å². The second kappa shape index (κ2) is 6.33. The molecule has 2 heterocycles. The zero-order chi connectivity index (χ0) is 18.2. The molecule has 0 amide bonds. The Morgan fingerprint density at radius 2 is 1.84 bits per heavy atom. The van der Waals surface area contributed by atoms with Crippen LogP contribution in [-0.2, 0) is 20.4 Å². The molecule has 1 aromatic carbocycles. The number of carbonyl (C=O) groups excluding carboxylic acids is 1. The van der Waals surface area contributed by atoms with Gasteiger partial charge >= 0.3 is 5.97 Å². The maximum atomic E-state index is 13.0. The number of esters is 1. The molecule has 7 heteroatoms. The first kappa shape index (κ1) is 17.2. The van der Waals surface area contributed by atoms with Gasteiger partial charge in [-0.3, -0.25) is 9.20 Å². The number of nitrogens with zero attached hydrogens (tertiary/aromatic N) is 1. The van der Waals surface area contributed by atoms with Crippen molar-refractivity contribution in [1.29, 1.82) is 0 Å². The normalized spacial score (nSPS) is 11.6. The molecule has 0 aliphatic heterocycles. The lowest BCUT2D eigenvalue weighted by Gasteiger charge is -2.05. The van der Waals surface area contributed by atoms with Gasteiger partial charge in [0, 0.05) is 18.7 Å². The van der Waals surface area contributed by atoms with Gasteiger partial charge in [0.1, 0.15) is 5.82 Å². The molecule has 0 aliphatic carbocycles. The lowest BCUT2D eigenvalue weighted by Crippen LogP contribution is -2.07. The molecule has 0 bridgehead atoms. The van der Waals surface area contributed by atoms with Gasteiger partial charge in [0.05, 0.1) is 16.2 Å². The van der Waals surface area contributed by atoms with E-state index in [1.807, 2.05) is 0 Å². The molecule has 0 saturated heterocycles. The summed E-state index contributed by atoms with van der Waals surface area (Å²) in [5.74, 6) is -1.05. The molecule has 0 atom stereocenters. The highest BCUT2D eigenvalue weighted by atomic mass is 32.2. The SMILES string of the molecule is CC(=O)Oc1c(C)c(S(=O)(=O)Cc2ccc(F)cc2)c2ccccn12. The summed E-state index contributed by atoms with van der Waals surface area (Å²) >= 11 is 0. The standard InChI is InChI=1S/C18H16FNO4S/c1-12-17(25(22,23)11-14-6-8-15(19)9-7-14)16-5-3-4-10-20(16)18(12)24-13(2)21/h3-10H,11H2,1-2H3. The number of rotatable bonds is 4. The second-order valence-corrected chi connectivity index (χ2v) is 7.62. The first-order valence-electron chi connectivity index (χ1n) is 7.55. The summed E-state index contributed by atoms with van der Waals surface area (Å²) in [4.78, 5) is 11.5. The Morgan fingerprint density at radius 1 is 1.16 bits per heavy atom. The summed E-state index contributed by atoms with van der Waals surface area (Å²) in [7, 11) is -3.73. The van der Waals surface area contributed by atoms with Crippen molar-refractivity contribution < 1.29 is 22.3 Å². The van der Waals surface area contributed by atoms with Crippen LogP contribution in [0.2, 0.25) is 0 Å². The number of pyridine rings is 1. The predicted octanol–water partition coefficient (Wildman–Crippen LogP) is 3.29. The van der Waals surface area contributed by atoms with E-state index in [0.717, 1.165) is 0 Å². The van der Waals surface area contributed by atoms with Gasteiger partial charge in [0.2, 0.25) is 5.88 Å². The molecular weight excluding hydrogens is 345 g/mol. The molecule has 0 aliphatic rings. The summed E-state index contributed by atoms with van der Waals surface area (Å²) < 4.78 is 45.7. The Hall–Kier alpha value is -2.67. The van der Waals surface area contributed by atoms with Crippen LogP contribution in [0.5, 0.6) is 5.88 Å². The van der Waals surface area contributed by atoms with Gasteiger partial charge in [0.25, 0.3) is 0 Å². The first-order chi connectivity index (χ1) is 11.8. The molecule has 0 saturated carbocycles. The van der Waals surface area contributed by atoms with Crippen molar-refractivity contribution >= 4 is 21.3 Å². The summed E-state index contributed by atoms with van der Waals surface area (Å²) in [6.45, 7) is 2.86. The topological polar surface area (TPSA) is 64.9 Å². The molecule has 25 heavy (non-hydrogen) atoms. The molecule has 2 aromatic heterocycles. The van der Waals surface area contributed by atoms with Crippen molar-refractivity contribution in [2.24, 2.45) is 0 Å². The quantitative estimate of drug-likeness (QED) is 0.669. The van der Waals surface area contributed by atoms with Crippen LogP contribution >= 0.6 is 0 Å². The summed E-state index contributed by atoms with van der Waals surface area (Å²) in [6, 6.07) is 10.4. The highest BCUT2D eigenvalue weighted by Gasteiger charge is 2.27. The van der Waals surface area contributed by atoms with Gasteiger partial charge in [0.15, 0.2) is 9.84 Å². The summed E-state index contributed by atoms with van der Waals surface area (Å²) in [5, 5.41) is 0. The number of halogens is 1. The van der Waals surface area contributed by atoms with Crippen LogP contribution < -0.4 is 4.74 Å². The van der Waals surface area contributed by atoms with Crippen molar-refractivity contribution in [2.45, 2.75) is 24.5 Å². The summed E-state index contributed by atoms with van der Waals surface area (Å²) in [6.07, 6.45) is 1.64. The zero-order valence-electron chi connectivity index (χ0n) is 13.7. The molecular formula is C18H16FNO4S. The van der Waals surface area contributed by atoms with E-state index in [-0.39, 0.29) is 16.5 Å². The highest BCUT2D eigenvalue weighted by molar-refractivity contribution is 7.91. The Labute approximate surface area is 144 Å². The van der Waals surface area contributed by atoms with Gasteiger partial charge in [-0.05, 0) is 36.8 Å². The predicted molar refractivity (Wildman–Crippen MR) is 90.7 cm³/mol. The van der Waals surface area contributed by atoms with E-state index >= 15 is 0 Å². The number of carbonyl (C=O) groups is 1. The average Bonchev–Trinajstić information content (AvgIpc) is 2.82. The van der Waals surface area contributed by atoms with Crippen LogP contribution in [0.15, 0.2) is 53.6 Å². The third-order valence-corrected chi connectivity index (χ3v) is 5.64. The van der Waals surface area contributed by atoms with E-state index < -0.39 is 21.6 Å². The Morgan fingerprint density at radius 3 is 2.48 bits per heavy atom. The van der Waals surface area contributed by atoms with E-state index in [1.165, 1.54) is 35.6 Å². The van der Waals surface area contributed by atoms with E-state index in [0.29, 0.717) is 16.6 Å². The number of hydrogen-bond donors (Lipinski definition) is 0. The van der Waals surface area contributed by atoms with Crippen LogP contribution in [0.1, 0.15) is 18.1 Å². The van der Waals surface area contributed by atoms with Crippen LogP contribution in [0, 0.1) is 12.7 Å². The fraction of sp³-hybridized carbons (Fsp3) is 0.167. The minimum absolute atomic E-state index is 0.105. The number of ether oxygens (including phenoxy) is 1. The number of benzene rings is 1. The smallest absolute Gasteiger partial charge is 0.309 e. The van der Waals surface area contributed by atoms with Crippen LogP contribution in [0.25, 0.3) is 5.52 Å². The van der Waals surface area contributed by atoms with E-state index in [2.05, 4.69) is 0 Å². The molecule has 3 rings (SSSR count). The highest BCUT2D eigenvalue weighted by Crippen LogP contribution is 2.34. The maximum absolute atomic E-state index is 13.0. The molecule has 0 spiro atoms. The fourth-order valence-electron chi connectivity index (χ4n) is 2.80. The minimum atomic E-state index is -3.73. The lowest BCUT2D eigenvalue weighted by molar-refractivity contribution is -0.132. The Kier molecular flexibility index (Phi) is 4.34. The van der Waals surface area contributed by atoms with E-state index in [1.54, 1.807) is 31.3 Å². The van der Waals surface area contributed by atoms with Gasteiger partial charge in [-0.25, -0.2) is 12.8 Å². The van der Waals surface area contributed by atoms with Crippen LogP contribution in [0.3, 0.4) is 0 Å². The molecule has 0 unspecified atom stereocenters. The number of hydrogen-bond acceptors (Lipinski definition) is 4. The fourth-order valence-corrected chi connectivity index (χ4v) is 4.62. The van der Waals surface area contributed by atoms with Gasteiger partial charge < -0.3 is 4.74 Å². The Bertz CT molecular complexity index is 1050. The molecule has 0 fully saturated rings.